The van der Waals surface area contributed by atoms with E-state index in [0.29, 0.717) is 11.3 Å². The molecule has 1 aliphatic carbocycles. The summed E-state index contributed by atoms with van der Waals surface area (Å²) in [5, 5.41) is 2.95. The van der Waals surface area contributed by atoms with Crippen molar-refractivity contribution < 1.29 is 4.42 Å². The molecule has 4 nitrogen and oxygen atoms in total. The number of anilines is 1. The zero-order chi connectivity index (χ0) is 16.0. The molecule has 114 valence electrons. The molecule has 2 aliphatic rings. The lowest BCUT2D eigenvalue weighted by Gasteiger charge is -2.11. The number of hydrogen-bond donors (Lipinski definition) is 1. The lowest BCUT2D eigenvalue weighted by atomic mass is 10.1. The predicted molar refractivity (Wildman–Crippen MR) is 93.4 cm³/mol. The van der Waals surface area contributed by atoms with Crippen LogP contribution in [0.3, 0.4) is 0 Å². The molecule has 0 fully saturated rings. The highest BCUT2D eigenvalue weighted by molar-refractivity contribution is 6.09. The highest BCUT2D eigenvalue weighted by Gasteiger charge is 2.13. The van der Waals surface area contributed by atoms with Crippen molar-refractivity contribution in [3.8, 4) is 11.5 Å². The van der Waals surface area contributed by atoms with E-state index in [0.717, 1.165) is 45.2 Å². The Labute approximate surface area is 133 Å². The van der Waals surface area contributed by atoms with E-state index < -0.39 is 0 Å². The Balaban J connectivity index is 2.16. The van der Waals surface area contributed by atoms with Gasteiger partial charge in [-0.25, -0.2) is 4.98 Å². The lowest BCUT2D eigenvalue weighted by molar-refractivity contribution is 0.612. The normalized spacial score (nSPS) is 12.5. The standard InChI is InChI=1S/C19H17N3O/c1-3-21-15-10-17-16(8-11(15)2)22-19-13-7-5-4-6-12(13)14(20)9-18(19)23-17/h4-10H,3,20H2,1-2H3. The summed E-state index contributed by atoms with van der Waals surface area (Å²) in [6, 6.07) is 13.8. The first kappa shape index (κ1) is 13.8. The molecule has 0 bridgehead atoms. The fourth-order valence-electron chi connectivity index (χ4n) is 2.97. The molecule has 0 saturated carbocycles. The molecule has 0 unspecified atom stereocenters. The summed E-state index contributed by atoms with van der Waals surface area (Å²) >= 11 is 0. The van der Waals surface area contributed by atoms with Gasteiger partial charge in [-0.15, -0.1) is 0 Å². The monoisotopic (exact) mass is 303 g/mol. The molecule has 2 aromatic carbocycles. The van der Waals surface area contributed by atoms with Gasteiger partial charge in [0.05, 0.1) is 5.36 Å². The molecule has 2 aromatic rings. The van der Waals surface area contributed by atoms with E-state index in [4.69, 9.17) is 15.1 Å². The highest BCUT2D eigenvalue weighted by atomic mass is 16.3. The van der Waals surface area contributed by atoms with Crippen molar-refractivity contribution in [2.24, 2.45) is 4.99 Å². The average molecular weight is 303 g/mol. The van der Waals surface area contributed by atoms with E-state index in [1.54, 1.807) is 0 Å². The number of aromatic nitrogens is 1. The lowest BCUT2D eigenvalue weighted by Crippen LogP contribution is -2.09. The van der Waals surface area contributed by atoms with E-state index in [9.17, 15) is 0 Å². The Bertz CT molecular complexity index is 1080. The maximum atomic E-state index is 6.16. The molecule has 0 atom stereocenters. The molecule has 0 aromatic heterocycles. The van der Waals surface area contributed by atoms with Crippen LogP contribution in [0.2, 0.25) is 0 Å². The molecule has 0 spiro atoms. The summed E-state index contributed by atoms with van der Waals surface area (Å²) in [5.74, 6) is 0.727. The van der Waals surface area contributed by atoms with Gasteiger partial charge in [0.1, 0.15) is 11.2 Å². The Kier molecular flexibility index (Phi) is 3.05. The third-order valence-corrected chi connectivity index (χ3v) is 4.07. The van der Waals surface area contributed by atoms with Gasteiger partial charge in [-0.2, -0.15) is 0 Å². The third kappa shape index (κ3) is 2.14. The first-order valence-electron chi connectivity index (χ1n) is 7.70. The van der Waals surface area contributed by atoms with E-state index in [1.807, 2.05) is 56.3 Å². The average Bonchev–Trinajstić information content (AvgIpc) is 2.55. The number of aryl methyl sites for hydroxylation is 1. The highest BCUT2D eigenvalue weighted by Crippen LogP contribution is 2.32. The SMILES string of the molecule is CCN=c1cc2oc3cc(N)c4ccccc4c3nc-2cc1C. The number of fused-ring (bicyclic) bond motifs is 4. The van der Waals surface area contributed by atoms with Crippen LogP contribution in [-0.4, -0.2) is 11.5 Å². The van der Waals surface area contributed by atoms with Crippen molar-refractivity contribution in [1.82, 2.24) is 4.98 Å². The first-order chi connectivity index (χ1) is 11.2. The number of benzene rings is 3. The number of rotatable bonds is 1. The maximum Gasteiger partial charge on any atom is 0.155 e. The van der Waals surface area contributed by atoms with Crippen molar-refractivity contribution in [3.05, 3.63) is 53.4 Å². The zero-order valence-corrected chi connectivity index (χ0v) is 13.1. The number of nitrogens with zero attached hydrogens (tertiary/aromatic N) is 2. The molecule has 0 amide bonds. The van der Waals surface area contributed by atoms with Crippen LogP contribution in [0.15, 0.2) is 51.9 Å². The molecular formula is C19H17N3O. The molecular weight excluding hydrogens is 286 g/mol. The van der Waals surface area contributed by atoms with Crippen LogP contribution in [0.4, 0.5) is 5.69 Å². The van der Waals surface area contributed by atoms with Gasteiger partial charge >= 0.3 is 0 Å². The van der Waals surface area contributed by atoms with Gasteiger partial charge in [0.15, 0.2) is 11.3 Å². The number of nitrogens with two attached hydrogens (primary N) is 1. The van der Waals surface area contributed by atoms with E-state index in [1.165, 1.54) is 0 Å². The summed E-state index contributed by atoms with van der Waals surface area (Å²) in [7, 11) is 0. The van der Waals surface area contributed by atoms with Crippen molar-refractivity contribution in [1.29, 1.82) is 0 Å². The van der Waals surface area contributed by atoms with Gasteiger partial charge in [-0.05, 0) is 25.5 Å². The van der Waals surface area contributed by atoms with E-state index >= 15 is 0 Å². The molecule has 0 radical (unpaired) electrons. The third-order valence-electron chi connectivity index (χ3n) is 4.07. The number of nitrogen functional groups attached to an aromatic ring is 1. The van der Waals surface area contributed by atoms with Crippen LogP contribution in [0, 0.1) is 6.92 Å². The zero-order valence-electron chi connectivity index (χ0n) is 13.1. The van der Waals surface area contributed by atoms with Crippen LogP contribution >= 0.6 is 0 Å². The molecule has 2 N–H and O–H groups in total. The predicted octanol–water partition coefficient (Wildman–Crippen LogP) is 3.90. The second-order valence-electron chi connectivity index (χ2n) is 5.65. The smallest absolute Gasteiger partial charge is 0.155 e. The minimum atomic E-state index is 0.694. The van der Waals surface area contributed by atoms with Crippen molar-refractivity contribution in [2.75, 3.05) is 12.3 Å². The summed E-state index contributed by atoms with van der Waals surface area (Å²) in [6.07, 6.45) is 0. The minimum Gasteiger partial charge on any atom is -0.453 e. The number of hydrogen-bond acceptors (Lipinski definition) is 4. The summed E-state index contributed by atoms with van der Waals surface area (Å²) in [5.41, 5.74) is 10.3. The van der Waals surface area contributed by atoms with Gasteiger partial charge in [0, 0.05) is 35.1 Å². The molecule has 1 heterocycles. The summed E-state index contributed by atoms with van der Waals surface area (Å²) < 4.78 is 6.07. The maximum absolute atomic E-state index is 6.16. The second-order valence-corrected chi connectivity index (χ2v) is 5.65. The van der Waals surface area contributed by atoms with Crippen LogP contribution in [0.5, 0.6) is 0 Å². The van der Waals surface area contributed by atoms with Crippen LogP contribution in [0.25, 0.3) is 33.3 Å². The summed E-state index contributed by atoms with van der Waals surface area (Å²) in [4.78, 5) is 9.31. The van der Waals surface area contributed by atoms with Crippen molar-refractivity contribution in [3.63, 3.8) is 0 Å². The van der Waals surface area contributed by atoms with Gasteiger partial charge in [-0.3, -0.25) is 4.99 Å². The van der Waals surface area contributed by atoms with Crippen molar-refractivity contribution in [2.45, 2.75) is 13.8 Å². The van der Waals surface area contributed by atoms with Crippen LogP contribution < -0.4 is 11.1 Å². The van der Waals surface area contributed by atoms with Gasteiger partial charge in [0.25, 0.3) is 0 Å². The Morgan fingerprint density at radius 2 is 1.91 bits per heavy atom. The Hall–Kier alpha value is -2.88. The van der Waals surface area contributed by atoms with Gasteiger partial charge in [0.2, 0.25) is 0 Å². The molecule has 4 rings (SSSR count). The summed E-state index contributed by atoms with van der Waals surface area (Å²) in [6.45, 7) is 4.80. The molecule has 0 saturated heterocycles. The molecule has 4 heteroatoms. The van der Waals surface area contributed by atoms with E-state index in [-0.39, 0.29) is 0 Å². The van der Waals surface area contributed by atoms with Crippen molar-refractivity contribution >= 4 is 27.6 Å². The minimum absolute atomic E-state index is 0.694. The van der Waals surface area contributed by atoms with Gasteiger partial charge in [-0.1, -0.05) is 24.3 Å². The van der Waals surface area contributed by atoms with Crippen LogP contribution in [-0.2, 0) is 0 Å². The topological polar surface area (TPSA) is 64.4 Å². The molecule has 1 aliphatic heterocycles. The van der Waals surface area contributed by atoms with Gasteiger partial charge < -0.3 is 10.2 Å². The second kappa shape index (κ2) is 5.09. The first-order valence-corrected chi connectivity index (χ1v) is 7.70. The fourth-order valence-corrected chi connectivity index (χ4v) is 2.97. The quantitative estimate of drug-likeness (QED) is 0.329. The Morgan fingerprint density at radius 1 is 1.13 bits per heavy atom. The van der Waals surface area contributed by atoms with E-state index in [2.05, 4.69) is 4.99 Å². The largest absolute Gasteiger partial charge is 0.453 e. The molecule has 23 heavy (non-hydrogen) atoms. The Morgan fingerprint density at radius 3 is 2.70 bits per heavy atom. The fraction of sp³-hybridized carbons (Fsp3) is 0.158. The van der Waals surface area contributed by atoms with Crippen LogP contribution in [0.1, 0.15) is 12.5 Å².